The first-order valence-electron chi connectivity index (χ1n) is 4.02. The third kappa shape index (κ3) is 1.23. The first-order valence-corrected chi connectivity index (χ1v) is 4.40. The van der Waals surface area contributed by atoms with Crippen molar-refractivity contribution in [2.24, 2.45) is 0 Å². The van der Waals surface area contributed by atoms with E-state index in [1.165, 1.54) is 7.11 Å². The highest BCUT2D eigenvalue weighted by Crippen LogP contribution is 2.37. The van der Waals surface area contributed by atoms with Crippen LogP contribution >= 0.6 is 11.6 Å². The van der Waals surface area contributed by atoms with Gasteiger partial charge < -0.3 is 10.1 Å². The Morgan fingerprint density at radius 1 is 1.62 bits per heavy atom. The van der Waals surface area contributed by atoms with Gasteiger partial charge in [-0.15, -0.1) is 0 Å². The highest BCUT2D eigenvalue weighted by Gasteiger charge is 2.20. The van der Waals surface area contributed by atoms with Crippen LogP contribution in [0.1, 0.15) is 5.56 Å². The van der Waals surface area contributed by atoms with Gasteiger partial charge in [0.2, 0.25) is 0 Å². The number of methoxy groups -OCH3 is 1. The largest absolute Gasteiger partial charge is 0.494 e. The molecule has 2 rings (SSSR count). The fraction of sp³-hybridized carbons (Fsp3) is 0.333. The van der Waals surface area contributed by atoms with Crippen molar-refractivity contribution in [2.45, 2.75) is 6.42 Å². The minimum absolute atomic E-state index is 0.131. The van der Waals surface area contributed by atoms with Gasteiger partial charge in [-0.2, -0.15) is 0 Å². The summed E-state index contributed by atoms with van der Waals surface area (Å²) in [7, 11) is 1.43. The fourth-order valence-electron chi connectivity index (χ4n) is 1.51. The van der Waals surface area contributed by atoms with Gasteiger partial charge in [-0.05, 0) is 18.1 Å². The van der Waals surface area contributed by atoms with Crippen LogP contribution in [0.3, 0.4) is 0 Å². The molecule has 1 N–H and O–H groups in total. The number of hydrogen-bond acceptors (Lipinski definition) is 2. The van der Waals surface area contributed by atoms with Crippen LogP contribution in [0, 0.1) is 5.82 Å². The lowest BCUT2D eigenvalue weighted by Crippen LogP contribution is -1.94. The number of hydrogen-bond donors (Lipinski definition) is 1. The van der Waals surface area contributed by atoms with E-state index >= 15 is 0 Å². The zero-order valence-electron chi connectivity index (χ0n) is 7.16. The Kier molecular flexibility index (Phi) is 2.04. The summed E-state index contributed by atoms with van der Waals surface area (Å²) >= 11 is 5.81. The summed E-state index contributed by atoms with van der Waals surface area (Å²) in [4.78, 5) is 0. The van der Waals surface area contributed by atoms with Crippen molar-refractivity contribution < 1.29 is 9.13 Å². The molecule has 0 saturated heterocycles. The maximum Gasteiger partial charge on any atom is 0.185 e. The highest BCUT2D eigenvalue weighted by molar-refractivity contribution is 6.33. The quantitative estimate of drug-likeness (QED) is 0.754. The molecule has 2 nitrogen and oxygen atoms in total. The van der Waals surface area contributed by atoms with E-state index in [0.29, 0.717) is 5.69 Å². The smallest absolute Gasteiger partial charge is 0.185 e. The Morgan fingerprint density at radius 2 is 2.38 bits per heavy atom. The Balaban J connectivity index is 2.61. The normalized spacial score (nSPS) is 13.8. The van der Waals surface area contributed by atoms with Gasteiger partial charge in [0.05, 0.1) is 12.8 Å². The van der Waals surface area contributed by atoms with E-state index < -0.39 is 5.82 Å². The Morgan fingerprint density at radius 3 is 3.08 bits per heavy atom. The predicted molar refractivity (Wildman–Crippen MR) is 50.2 cm³/mol. The summed E-state index contributed by atoms with van der Waals surface area (Å²) in [5.74, 6) is -0.273. The van der Waals surface area contributed by atoms with Gasteiger partial charge in [0.25, 0.3) is 0 Å². The van der Waals surface area contributed by atoms with Crippen LogP contribution in [0.15, 0.2) is 6.07 Å². The van der Waals surface area contributed by atoms with Crippen LogP contribution in [-0.2, 0) is 6.42 Å². The average molecular weight is 202 g/mol. The van der Waals surface area contributed by atoms with Crippen LogP contribution < -0.4 is 10.1 Å². The maximum absolute atomic E-state index is 13.4. The zero-order valence-corrected chi connectivity index (χ0v) is 7.91. The monoisotopic (exact) mass is 201 g/mol. The number of benzene rings is 1. The van der Waals surface area contributed by atoms with Gasteiger partial charge in [0, 0.05) is 6.54 Å². The number of fused-ring (bicyclic) bond motifs is 1. The summed E-state index contributed by atoms with van der Waals surface area (Å²) in [5, 5.41) is 3.16. The second kappa shape index (κ2) is 3.07. The first kappa shape index (κ1) is 8.63. The van der Waals surface area contributed by atoms with Gasteiger partial charge in [-0.3, -0.25) is 0 Å². The lowest BCUT2D eigenvalue weighted by atomic mass is 10.1. The number of anilines is 1. The van der Waals surface area contributed by atoms with Crippen molar-refractivity contribution in [1.82, 2.24) is 0 Å². The Bertz CT molecular complexity index is 353. The minimum Gasteiger partial charge on any atom is -0.494 e. The van der Waals surface area contributed by atoms with Gasteiger partial charge in [-0.25, -0.2) is 4.39 Å². The number of halogens is 2. The topological polar surface area (TPSA) is 21.3 Å². The Labute approximate surface area is 80.7 Å². The van der Waals surface area contributed by atoms with Crippen LogP contribution in [0.25, 0.3) is 0 Å². The molecule has 0 spiro atoms. The molecule has 0 unspecified atom stereocenters. The van der Waals surface area contributed by atoms with Crippen LogP contribution in [0.5, 0.6) is 5.75 Å². The van der Waals surface area contributed by atoms with E-state index in [9.17, 15) is 4.39 Å². The van der Waals surface area contributed by atoms with Crippen molar-refractivity contribution >= 4 is 17.3 Å². The van der Waals surface area contributed by atoms with Crippen molar-refractivity contribution in [1.29, 1.82) is 0 Å². The van der Waals surface area contributed by atoms with Crippen molar-refractivity contribution in [3.63, 3.8) is 0 Å². The highest BCUT2D eigenvalue weighted by atomic mass is 35.5. The Hall–Kier alpha value is -0.960. The molecule has 0 saturated carbocycles. The van der Waals surface area contributed by atoms with Crippen LogP contribution in [0.2, 0.25) is 5.02 Å². The maximum atomic E-state index is 13.4. The minimum atomic E-state index is -0.489. The van der Waals surface area contributed by atoms with Crippen molar-refractivity contribution in [2.75, 3.05) is 19.0 Å². The lowest BCUT2D eigenvalue weighted by molar-refractivity contribution is 0.386. The van der Waals surface area contributed by atoms with Crippen LogP contribution in [-0.4, -0.2) is 13.7 Å². The fourth-order valence-corrected chi connectivity index (χ4v) is 1.79. The number of nitrogens with one attached hydrogen (secondary N) is 1. The van der Waals surface area contributed by atoms with Crippen molar-refractivity contribution in [3.8, 4) is 5.75 Å². The molecule has 13 heavy (non-hydrogen) atoms. The molecule has 1 aromatic carbocycles. The van der Waals surface area contributed by atoms with Crippen molar-refractivity contribution in [3.05, 3.63) is 22.5 Å². The molecule has 70 valence electrons. The molecule has 0 amide bonds. The van der Waals surface area contributed by atoms with Gasteiger partial charge >= 0.3 is 0 Å². The third-order valence-electron chi connectivity index (χ3n) is 2.17. The summed E-state index contributed by atoms with van der Waals surface area (Å²) in [5.41, 5.74) is 1.73. The molecule has 0 atom stereocenters. The lowest BCUT2D eigenvalue weighted by Gasteiger charge is -2.08. The molecule has 0 bridgehead atoms. The summed E-state index contributed by atoms with van der Waals surface area (Å²) < 4.78 is 18.2. The molecular weight excluding hydrogens is 193 g/mol. The molecule has 1 aliphatic rings. The van der Waals surface area contributed by atoms with Crippen LogP contribution in [0.4, 0.5) is 10.1 Å². The molecule has 4 heteroatoms. The third-order valence-corrected chi connectivity index (χ3v) is 2.53. The first-order chi connectivity index (χ1) is 6.24. The molecule has 1 heterocycles. The zero-order chi connectivity index (χ0) is 9.42. The second-order valence-electron chi connectivity index (χ2n) is 2.92. The van der Waals surface area contributed by atoms with E-state index in [0.717, 1.165) is 18.5 Å². The van der Waals surface area contributed by atoms with E-state index in [2.05, 4.69) is 5.32 Å². The second-order valence-corrected chi connectivity index (χ2v) is 3.30. The number of rotatable bonds is 1. The molecule has 1 aliphatic heterocycles. The SMILES string of the molecule is COc1cc2c(c(Cl)c1F)NCC2. The number of ether oxygens (including phenoxy) is 1. The molecule has 0 radical (unpaired) electrons. The molecule has 0 aromatic heterocycles. The average Bonchev–Trinajstić information content (AvgIpc) is 2.59. The van der Waals surface area contributed by atoms with E-state index in [4.69, 9.17) is 16.3 Å². The van der Waals surface area contributed by atoms with E-state index in [1.54, 1.807) is 6.07 Å². The van der Waals surface area contributed by atoms with Gasteiger partial charge in [-0.1, -0.05) is 11.6 Å². The predicted octanol–water partition coefficient (Wildman–Crippen LogP) is 2.46. The van der Waals surface area contributed by atoms with Gasteiger partial charge in [0.1, 0.15) is 5.02 Å². The molecular formula is C9H9ClFNO. The molecule has 1 aromatic rings. The van der Waals surface area contributed by atoms with E-state index in [-0.39, 0.29) is 10.8 Å². The molecule has 0 aliphatic carbocycles. The molecule has 0 fully saturated rings. The summed E-state index contributed by atoms with van der Waals surface area (Å²) in [6.07, 6.45) is 0.867. The summed E-state index contributed by atoms with van der Waals surface area (Å²) in [6.45, 7) is 0.807. The van der Waals surface area contributed by atoms with Gasteiger partial charge in [0.15, 0.2) is 11.6 Å². The standard InChI is InChI=1S/C9H9ClFNO/c1-13-6-4-5-2-3-12-9(5)7(10)8(6)11/h4,12H,2-3H2,1H3. The summed E-state index contributed by atoms with van der Waals surface area (Å²) in [6, 6.07) is 1.69. The van der Waals surface area contributed by atoms with E-state index in [1.807, 2.05) is 0 Å².